The van der Waals surface area contributed by atoms with Crippen LogP contribution in [-0.2, 0) is 31.4 Å². The number of hydrogen-bond acceptors (Lipinski definition) is 3. The van der Waals surface area contributed by atoms with Crippen molar-refractivity contribution in [2.24, 2.45) is 12.0 Å². The van der Waals surface area contributed by atoms with E-state index in [1.165, 1.54) is 22.4 Å². The Morgan fingerprint density at radius 3 is 2.55 bits per heavy atom. The van der Waals surface area contributed by atoms with Crippen LogP contribution < -0.4 is 10.6 Å². The van der Waals surface area contributed by atoms with E-state index in [4.69, 9.17) is 9.73 Å². The molecule has 1 atom stereocenters. The Balaban J connectivity index is 2.04. The molecule has 0 saturated heterocycles. The van der Waals surface area contributed by atoms with Gasteiger partial charge in [0.2, 0.25) is 0 Å². The lowest BCUT2D eigenvalue weighted by atomic mass is 10.1. The van der Waals surface area contributed by atoms with Crippen molar-refractivity contribution in [1.29, 1.82) is 0 Å². The van der Waals surface area contributed by atoms with Crippen molar-refractivity contribution >= 4 is 5.96 Å². The molecule has 1 aromatic heterocycles. The molecule has 0 radical (unpaired) electrons. The van der Waals surface area contributed by atoms with Gasteiger partial charge in [0, 0.05) is 31.9 Å². The second kappa shape index (κ2) is 11.6. The highest BCUT2D eigenvalue weighted by Crippen LogP contribution is 2.14. The topological polar surface area (TPSA) is 63.5 Å². The number of nitrogens with zero attached hydrogens (tertiary/aromatic N) is 3. The number of hydrogen-bond donors (Lipinski definition) is 2. The molecule has 29 heavy (non-hydrogen) atoms. The molecule has 0 spiro atoms. The zero-order valence-corrected chi connectivity index (χ0v) is 18.9. The molecule has 2 aromatic rings. The molecule has 0 saturated carbocycles. The molecule has 0 aliphatic carbocycles. The summed E-state index contributed by atoms with van der Waals surface area (Å²) in [5.74, 6) is 0.837. The maximum Gasteiger partial charge on any atom is 0.191 e. The van der Waals surface area contributed by atoms with E-state index in [1.807, 2.05) is 11.7 Å². The van der Waals surface area contributed by atoms with E-state index in [9.17, 15) is 0 Å². The standard InChI is InChI=1S/C23H37N5O/c1-7-13-29-16-21-12-10-9-11-20(21)15-25-23(24-8-2)26-17(3)14-22-18(4)27-28(6)19(22)5/h9-12,17H,7-8,13-16H2,1-6H3,(H2,24,25,26). The molecule has 1 unspecified atom stereocenters. The summed E-state index contributed by atoms with van der Waals surface area (Å²) in [7, 11) is 2.00. The number of nitrogens with one attached hydrogen (secondary N) is 2. The predicted molar refractivity (Wildman–Crippen MR) is 120 cm³/mol. The van der Waals surface area contributed by atoms with Gasteiger partial charge in [-0.25, -0.2) is 4.99 Å². The van der Waals surface area contributed by atoms with E-state index in [0.29, 0.717) is 13.2 Å². The van der Waals surface area contributed by atoms with Crippen LogP contribution in [0.2, 0.25) is 0 Å². The largest absolute Gasteiger partial charge is 0.377 e. The molecule has 0 amide bonds. The first-order valence-electron chi connectivity index (χ1n) is 10.6. The molecule has 2 N–H and O–H groups in total. The molecule has 0 aliphatic heterocycles. The third kappa shape index (κ3) is 6.89. The summed E-state index contributed by atoms with van der Waals surface area (Å²) in [6, 6.07) is 8.62. The lowest BCUT2D eigenvalue weighted by molar-refractivity contribution is 0.121. The van der Waals surface area contributed by atoms with Crippen LogP contribution >= 0.6 is 0 Å². The van der Waals surface area contributed by atoms with E-state index in [2.05, 4.69) is 74.6 Å². The zero-order chi connectivity index (χ0) is 21.2. The number of aromatic nitrogens is 2. The highest BCUT2D eigenvalue weighted by Gasteiger charge is 2.14. The van der Waals surface area contributed by atoms with Gasteiger partial charge in [0.1, 0.15) is 0 Å². The van der Waals surface area contributed by atoms with E-state index >= 15 is 0 Å². The third-order valence-corrected chi connectivity index (χ3v) is 5.03. The summed E-state index contributed by atoms with van der Waals surface area (Å²) in [5, 5.41) is 11.4. The first-order chi connectivity index (χ1) is 14.0. The van der Waals surface area contributed by atoms with Crippen LogP contribution in [0, 0.1) is 13.8 Å². The molecule has 6 heteroatoms. The molecule has 1 heterocycles. The number of aryl methyl sites for hydroxylation is 2. The summed E-state index contributed by atoms with van der Waals surface area (Å²) < 4.78 is 7.68. The van der Waals surface area contributed by atoms with Gasteiger partial charge in [-0.15, -0.1) is 0 Å². The molecule has 0 fully saturated rings. The molecule has 0 bridgehead atoms. The van der Waals surface area contributed by atoms with E-state index in [0.717, 1.165) is 37.6 Å². The van der Waals surface area contributed by atoms with Gasteiger partial charge < -0.3 is 15.4 Å². The van der Waals surface area contributed by atoms with Gasteiger partial charge in [0.15, 0.2) is 5.96 Å². The Hall–Kier alpha value is -2.34. The highest BCUT2D eigenvalue weighted by molar-refractivity contribution is 5.80. The van der Waals surface area contributed by atoms with Gasteiger partial charge in [0.05, 0.1) is 18.8 Å². The third-order valence-electron chi connectivity index (χ3n) is 5.03. The van der Waals surface area contributed by atoms with Crippen LogP contribution in [0.3, 0.4) is 0 Å². The van der Waals surface area contributed by atoms with Crippen LogP contribution in [0.1, 0.15) is 55.3 Å². The SMILES string of the molecule is CCCOCc1ccccc1CN=C(NCC)NC(C)Cc1c(C)nn(C)c1C. The van der Waals surface area contributed by atoms with Crippen LogP contribution in [0.5, 0.6) is 0 Å². The van der Waals surface area contributed by atoms with E-state index in [1.54, 1.807) is 0 Å². The molecular formula is C23H37N5O. The van der Waals surface area contributed by atoms with Crippen LogP contribution in [0.4, 0.5) is 0 Å². The lowest BCUT2D eigenvalue weighted by Crippen LogP contribution is -2.43. The van der Waals surface area contributed by atoms with Crippen LogP contribution in [-0.4, -0.2) is 34.9 Å². The van der Waals surface area contributed by atoms with Gasteiger partial charge in [-0.3, -0.25) is 4.68 Å². The van der Waals surface area contributed by atoms with Crippen LogP contribution in [0.15, 0.2) is 29.3 Å². The quantitative estimate of drug-likeness (QED) is 0.364. The van der Waals surface area contributed by atoms with Gasteiger partial charge in [-0.05, 0) is 57.2 Å². The van der Waals surface area contributed by atoms with Crippen molar-refractivity contribution < 1.29 is 4.74 Å². The summed E-state index contributed by atoms with van der Waals surface area (Å²) >= 11 is 0. The summed E-state index contributed by atoms with van der Waals surface area (Å²) in [4.78, 5) is 4.82. The fraction of sp³-hybridized carbons (Fsp3) is 0.565. The van der Waals surface area contributed by atoms with Gasteiger partial charge in [-0.1, -0.05) is 31.2 Å². The number of aliphatic imine (C=N–C) groups is 1. The molecular weight excluding hydrogens is 362 g/mol. The number of guanidine groups is 1. The van der Waals surface area contributed by atoms with Gasteiger partial charge in [-0.2, -0.15) is 5.10 Å². The fourth-order valence-electron chi connectivity index (χ4n) is 3.37. The summed E-state index contributed by atoms with van der Waals surface area (Å²) in [5.41, 5.74) is 6.03. The normalized spacial score (nSPS) is 12.8. The average molecular weight is 400 g/mol. The minimum absolute atomic E-state index is 0.248. The summed E-state index contributed by atoms with van der Waals surface area (Å²) in [6.07, 6.45) is 1.94. The minimum atomic E-state index is 0.248. The Kier molecular flexibility index (Phi) is 9.19. The Morgan fingerprint density at radius 2 is 1.93 bits per heavy atom. The van der Waals surface area contributed by atoms with Crippen molar-refractivity contribution in [3.05, 3.63) is 52.3 Å². The van der Waals surface area contributed by atoms with Crippen molar-refractivity contribution in [1.82, 2.24) is 20.4 Å². The van der Waals surface area contributed by atoms with Crippen molar-refractivity contribution in [3.63, 3.8) is 0 Å². The number of ether oxygens (including phenoxy) is 1. The first-order valence-corrected chi connectivity index (χ1v) is 10.6. The second-order valence-electron chi connectivity index (χ2n) is 7.54. The van der Waals surface area contributed by atoms with E-state index in [-0.39, 0.29) is 6.04 Å². The van der Waals surface area contributed by atoms with Gasteiger partial charge in [0.25, 0.3) is 0 Å². The molecule has 160 valence electrons. The van der Waals surface area contributed by atoms with Crippen molar-refractivity contribution in [2.75, 3.05) is 13.2 Å². The smallest absolute Gasteiger partial charge is 0.191 e. The highest BCUT2D eigenvalue weighted by atomic mass is 16.5. The number of benzene rings is 1. The lowest BCUT2D eigenvalue weighted by Gasteiger charge is -2.18. The van der Waals surface area contributed by atoms with Crippen LogP contribution in [0.25, 0.3) is 0 Å². The predicted octanol–water partition coefficient (Wildman–Crippen LogP) is 3.65. The van der Waals surface area contributed by atoms with E-state index < -0.39 is 0 Å². The Morgan fingerprint density at radius 1 is 1.21 bits per heavy atom. The Labute approximate surface area is 175 Å². The molecule has 6 nitrogen and oxygen atoms in total. The van der Waals surface area contributed by atoms with Crippen molar-refractivity contribution in [2.45, 2.75) is 66.7 Å². The number of rotatable bonds is 10. The first kappa shape index (κ1) is 22.9. The van der Waals surface area contributed by atoms with Crippen molar-refractivity contribution in [3.8, 4) is 0 Å². The fourth-order valence-corrected chi connectivity index (χ4v) is 3.37. The molecule has 2 rings (SSSR count). The van der Waals surface area contributed by atoms with Gasteiger partial charge >= 0.3 is 0 Å². The maximum atomic E-state index is 5.73. The summed E-state index contributed by atoms with van der Waals surface area (Å²) in [6.45, 7) is 13.5. The second-order valence-corrected chi connectivity index (χ2v) is 7.54. The Bertz CT molecular complexity index is 797. The maximum absolute atomic E-state index is 5.73. The zero-order valence-electron chi connectivity index (χ0n) is 18.9. The monoisotopic (exact) mass is 399 g/mol. The molecule has 1 aromatic carbocycles. The molecule has 0 aliphatic rings. The minimum Gasteiger partial charge on any atom is -0.377 e. The average Bonchev–Trinajstić information content (AvgIpc) is 2.93.